The van der Waals surface area contributed by atoms with Gasteiger partial charge in [0.25, 0.3) is 0 Å². The summed E-state index contributed by atoms with van der Waals surface area (Å²) >= 11 is 0. The minimum atomic E-state index is -3.29. The van der Waals surface area contributed by atoms with Crippen molar-refractivity contribution < 1.29 is 13.2 Å². The Bertz CT molecular complexity index is 377. The van der Waals surface area contributed by atoms with Crippen molar-refractivity contribution in [2.24, 2.45) is 0 Å². The highest BCUT2D eigenvalue weighted by atomic mass is 32.2. The first-order chi connectivity index (χ1) is 8.30. The van der Waals surface area contributed by atoms with Crippen molar-refractivity contribution in [3.63, 3.8) is 0 Å². The lowest BCUT2D eigenvalue weighted by Gasteiger charge is -2.24. The van der Waals surface area contributed by atoms with E-state index in [0.29, 0.717) is 12.6 Å². The second-order valence-corrected chi connectivity index (χ2v) is 7.00. The fourth-order valence-corrected chi connectivity index (χ4v) is 2.30. The van der Waals surface area contributed by atoms with Gasteiger partial charge in [-0.25, -0.2) is 8.42 Å². The van der Waals surface area contributed by atoms with Crippen LogP contribution in [0.3, 0.4) is 0 Å². The number of likely N-dealkylation sites (tertiary alicyclic amines) is 1. The Balaban J connectivity index is 2.28. The summed E-state index contributed by atoms with van der Waals surface area (Å²) in [5.41, 5.74) is 0. The Labute approximate surface area is 109 Å². The van der Waals surface area contributed by atoms with Gasteiger partial charge in [-0.2, -0.15) is 4.31 Å². The Morgan fingerprint density at radius 3 is 2.44 bits per heavy atom. The molecule has 0 aromatic rings. The number of nitrogens with zero attached hydrogens (tertiary/aromatic N) is 2. The molecule has 1 fully saturated rings. The molecule has 1 atom stereocenters. The molecular weight excluding hydrogens is 254 g/mol. The first-order valence-corrected chi connectivity index (χ1v) is 8.07. The molecule has 1 saturated heterocycles. The molecule has 0 radical (unpaired) electrons. The summed E-state index contributed by atoms with van der Waals surface area (Å²) in [6.45, 7) is 4.69. The summed E-state index contributed by atoms with van der Waals surface area (Å²) < 4.78 is 23.3. The largest absolute Gasteiger partial charge is 0.353 e. The minimum absolute atomic E-state index is 0.119. The average Bonchev–Trinajstić information content (AvgIpc) is 2.77. The zero-order valence-corrected chi connectivity index (χ0v) is 12.2. The monoisotopic (exact) mass is 277 g/mol. The number of hydrogen-bond acceptors (Lipinski definition) is 4. The van der Waals surface area contributed by atoms with Crippen LogP contribution in [-0.2, 0) is 14.8 Å². The molecule has 1 N–H and O–H groups in total. The summed E-state index contributed by atoms with van der Waals surface area (Å²) in [5, 5.41) is 2.78. The van der Waals surface area contributed by atoms with Crippen LogP contribution in [0.25, 0.3) is 0 Å². The molecule has 0 aliphatic carbocycles. The third-order valence-electron chi connectivity index (χ3n) is 3.29. The molecule has 106 valence electrons. The molecule has 18 heavy (non-hydrogen) atoms. The van der Waals surface area contributed by atoms with Crippen molar-refractivity contribution in [2.45, 2.75) is 25.8 Å². The molecule has 6 nitrogen and oxygen atoms in total. The van der Waals surface area contributed by atoms with E-state index in [-0.39, 0.29) is 12.5 Å². The molecule has 1 aliphatic heterocycles. The molecule has 1 rings (SSSR count). The van der Waals surface area contributed by atoms with Gasteiger partial charge in [0.2, 0.25) is 15.9 Å². The highest BCUT2D eigenvalue weighted by Gasteiger charge is 2.19. The average molecular weight is 277 g/mol. The summed E-state index contributed by atoms with van der Waals surface area (Å²) in [6.07, 6.45) is 3.53. The summed E-state index contributed by atoms with van der Waals surface area (Å²) in [4.78, 5) is 13.9. The lowest BCUT2D eigenvalue weighted by atomic mass is 10.3. The Hall–Kier alpha value is -0.660. The maximum Gasteiger partial charge on any atom is 0.235 e. The van der Waals surface area contributed by atoms with Crippen LogP contribution >= 0.6 is 0 Å². The quantitative estimate of drug-likeness (QED) is 0.709. The van der Waals surface area contributed by atoms with Crippen molar-refractivity contribution in [3.8, 4) is 0 Å². The summed E-state index contributed by atoms with van der Waals surface area (Å²) in [5.74, 6) is -0.256. The number of likely N-dealkylation sites (N-methyl/N-ethyl adjacent to an activating group) is 1. The number of amides is 1. The first kappa shape index (κ1) is 15.4. The van der Waals surface area contributed by atoms with E-state index in [4.69, 9.17) is 0 Å². The highest BCUT2D eigenvalue weighted by molar-refractivity contribution is 7.88. The molecule has 0 unspecified atom stereocenters. The van der Waals surface area contributed by atoms with Gasteiger partial charge in [-0.3, -0.25) is 9.69 Å². The van der Waals surface area contributed by atoms with Crippen molar-refractivity contribution in [1.29, 1.82) is 0 Å². The van der Waals surface area contributed by atoms with Crippen molar-refractivity contribution in [1.82, 2.24) is 14.5 Å². The molecule has 0 bridgehead atoms. The van der Waals surface area contributed by atoms with Gasteiger partial charge >= 0.3 is 0 Å². The normalized spacial score (nSPS) is 19.1. The fraction of sp³-hybridized carbons (Fsp3) is 0.909. The van der Waals surface area contributed by atoms with Gasteiger partial charge in [0.15, 0.2) is 0 Å². The van der Waals surface area contributed by atoms with Crippen LogP contribution in [0.5, 0.6) is 0 Å². The smallest absolute Gasteiger partial charge is 0.235 e. The maximum absolute atomic E-state index is 11.6. The number of hydrogen-bond donors (Lipinski definition) is 1. The van der Waals surface area contributed by atoms with Crippen molar-refractivity contribution in [3.05, 3.63) is 0 Å². The van der Waals surface area contributed by atoms with Gasteiger partial charge in [0.05, 0.1) is 12.8 Å². The van der Waals surface area contributed by atoms with Gasteiger partial charge in [-0.15, -0.1) is 0 Å². The van der Waals surface area contributed by atoms with Gasteiger partial charge in [0.1, 0.15) is 0 Å². The van der Waals surface area contributed by atoms with Gasteiger partial charge in [-0.1, -0.05) is 0 Å². The molecule has 0 aromatic carbocycles. The number of rotatable bonds is 6. The van der Waals surface area contributed by atoms with Crippen LogP contribution in [0.2, 0.25) is 0 Å². The maximum atomic E-state index is 11.6. The zero-order valence-electron chi connectivity index (χ0n) is 11.3. The predicted molar refractivity (Wildman–Crippen MR) is 70.8 cm³/mol. The van der Waals surface area contributed by atoms with Crippen molar-refractivity contribution in [2.75, 3.05) is 39.5 Å². The third-order valence-corrected chi connectivity index (χ3v) is 4.55. The number of carbonyl (C=O) groups excluding carboxylic acids is 1. The molecular formula is C11H23N3O3S. The van der Waals surface area contributed by atoms with Crippen LogP contribution in [0.1, 0.15) is 19.8 Å². The molecule has 1 heterocycles. The Kier molecular flexibility index (Phi) is 5.55. The van der Waals surface area contributed by atoms with E-state index in [2.05, 4.69) is 17.1 Å². The van der Waals surface area contributed by atoms with Crippen LogP contribution in [-0.4, -0.2) is 69.1 Å². The van der Waals surface area contributed by atoms with E-state index >= 15 is 0 Å². The molecule has 0 aromatic heterocycles. The lowest BCUT2D eigenvalue weighted by Crippen LogP contribution is -2.44. The molecule has 0 spiro atoms. The second kappa shape index (κ2) is 6.49. The van der Waals surface area contributed by atoms with E-state index in [9.17, 15) is 13.2 Å². The van der Waals surface area contributed by atoms with Gasteiger partial charge in [0, 0.05) is 19.6 Å². The van der Waals surface area contributed by atoms with E-state index in [1.54, 1.807) is 0 Å². The topological polar surface area (TPSA) is 69.7 Å². The molecule has 1 amide bonds. The molecule has 0 saturated carbocycles. The Morgan fingerprint density at radius 2 is 1.94 bits per heavy atom. The third kappa shape index (κ3) is 4.91. The first-order valence-electron chi connectivity index (χ1n) is 6.23. The minimum Gasteiger partial charge on any atom is -0.353 e. The van der Waals surface area contributed by atoms with Crippen LogP contribution in [0.4, 0.5) is 0 Å². The zero-order chi connectivity index (χ0) is 13.8. The molecule has 7 heteroatoms. The number of carbonyl (C=O) groups is 1. The van der Waals surface area contributed by atoms with E-state index in [1.165, 1.54) is 19.9 Å². The fourth-order valence-electron chi connectivity index (χ4n) is 1.95. The second-order valence-electron chi connectivity index (χ2n) is 4.92. The lowest BCUT2D eigenvalue weighted by molar-refractivity contribution is -0.121. The molecule has 1 aliphatic rings. The Morgan fingerprint density at radius 1 is 1.39 bits per heavy atom. The van der Waals surface area contributed by atoms with Gasteiger partial charge < -0.3 is 5.32 Å². The summed E-state index contributed by atoms with van der Waals surface area (Å²) in [6, 6.07) is 0.306. The van der Waals surface area contributed by atoms with E-state index in [0.717, 1.165) is 23.7 Å². The predicted octanol–water partition coefficient (Wildman–Crippen LogP) is -0.522. The van der Waals surface area contributed by atoms with Crippen molar-refractivity contribution >= 4 is 15.9 Å². The van der Waals surface area contributed by atoms with Crippen LogP contribution in [0, 0.1) is 0 Å². The van der Waals surface area contributed by atoms with E-state index < -0.39 is 10.0 Å². The SMILES string of the molecule is C[C@@H](CNC(=O)CN(C)S(C)(=O)=O)N1CCCC1. The van der Waals surface area contributed by atoms with Crippen LogP contribution in [0.15, 0.2) is 0 Å². The number of sulfonamides is 1. The number of nitrogens with one attached hydrogen (secondary N) is 1. The van der Waals surface area contributed by atoms with Crippen LogP contribution < -0.4 is 5.32 Å². The van der Waals surface area contributed by atoms with Gasteiger partial charge in [-0.05, 0) is 32.9 Å². The van der Waals surface area contributed by atoms with E-state index in [1.807, 2.05) is 0 Å². The standard InChI is InChI=1S/C11H23N3O3S/c1-10(14-6-4-5-7-14)8-12-11(15)9-13(2)18(3,16)17/h10H,4-9H2,1-3H3,(H,12,15)/t10-/m0/s1. The highest BCUT2D eigenvalue weighted by Crippen LogP contribution is 2.10. The summed E-state index contributed by atoms with van der Waals surface area (Å²) in [7, 11) is -1.89.